The maximum atomic E-state index is 11.7. The van der Waals surface area contributed by atoms with Crippen molar-refractivity contribution in [2.75, 3.05) is 0 Å². The molecule has 1 fully saturated rings. The second-order valence-electron chi connectivity index (χ2n) is 6.44. The summed E-state index contributed by atoms with van der Waals surface area (Å²) >= 11 is 0. The van der Waals surface area contributed by atoms with Gasteiger partial charge in [-0.15, -0.1) is 0 Å². The zero-order chi connectivity index (χ0) is 23.2. The van der Waals surface area contributed by atoms with E-state index in [9.17, 15) is 28.8 Å². The van der Waals surface area contributed by atoms with Crippen molar-refractivity contribution in [1.29, 1.82) is 0 Å². The van der Waals surface area contributed by atoms with E-state index in [2.05, 4.69) is 0 Å². The molecule has 30 heavy (non-hydrogen) atoms. The molecule has 0 aliphatic heterocycles. The number of carbonyl (C=O) groups is 6. The van der Waals surface area contributed by atoms with Crippen LogP contribution in [0.15, 0.2) is 0 Å². The summed E-state index contributed by atoms with van der Waals surface area (Å²) in [6.45, 7) is 6.22. The van der Waals surface area contributed by atoms with Gasteiger partial charge in [-0.2, -0.15) is 0 Å². The number of hydrogen-bond donors (Lipinski definition) is 0. The molecule has 1 rings (SSSR count). The summed E-state index contributed by atoms with van der Waals surface area (Å²) in [4.78, 5) is 70.1. The van der Waals surface area contributed by atoms with Gasteiger partial charge < -0.3 is 28.4 Å². The van der Waals surface area contributed by atoms with Gasteiger partial charge in [0.2, 0.25) is 0 Å². The van der Waals surface area contributed by atoms with Gasteiger partial charge in [0.05, 0.1) is 0 Å². The molecular formula is C18H24O12. The minimum absolute atomic E-state index is 0.858. The highest BCUT2D eigenvalue weighted by Gasteiger charge is 2.60. The first-order chi connectivity index (χ1) is 13.8. The van der Waals surface area contributed by atoms with Crippen molar-refractivity contribution in [2.24, 2.45) is 0 Å². The molecule has 0 aromatic rings. The fourth-order valence-electron chi connectivity index (χ4n) is 3.08. The van der Waals surface area contributed by atoms with Crippen LogP contribution in [0.3, 0.4) is 0 Å². The lowest BCUT2D eigenvalue weighted by atomic mass is 9.83. The first-order valence-corrected chi connectivity index (χ1v) is 8.86. The SMILES string of the molecule is CC(=O)O[C@H]1[C@H](OC(C)=O)[C@H](OC(C)=O)[C@H](OC(C)=O)[C@@H](OC(C)=O)[C@H]1OC(C)=O. The Morgan fingerprint density at radius 3 is 0.500 bits per heavy atom. The third-order valence-electron chi connectivity index (χ3n) is 3.76. The predicted octanol–water partition coefficient (Wildman–Crippen LogP) is -0.410. The lowest BCUT2D eigenvalue weighted by Gasteiger charge is -2.46. The van der Waals surface area contributed by atoms with E-state index in [0.29, 0.717) is 0 Å². The second-order valence-corrected chi connectivity index (χ2v) is 6.44. The third kappa shape index (κ3) is 7.01. The molecule has 0 amide bonds. The smallest absolute Gasteiger partial charge is 0.303 e. The molecule has 0 N–H and O–H groups in total. The van der Waals surface area contributed by atoms with Crippen LogP contribution in [0, 0.1) is 0 Å². The third-order valence-corrected chi connectivity index (χ3v) is 3.76. The normalized spacial score (nSPS) is 27.8. The Kier molecular flexibility index (Phi) is 8.75. The minimum Gasteiger partial charge on any atom is -0.454 e. The first-order valence-electron chi connectivity index (χ1n) is 8.86. The van der Waals surface area contributed by atoms with Crippen LogP contribution < -0.4 is 0 Å². The van der Waals surface area contributed by atoms with Crippen molar-refractivity contribution < 1.29 is 57.2 Å². The van der Waals surface area contributed by atoms with E-state index in [1.54, 1.807) is 0 Å². The topological polar surface area (TPSA) is 158 Å². The fraction of sp³-hybridized carbons (Fsp3) is 0.667. The molecule has 0 unspecified atom stereocenters. The Labute approximate surface area is 172 Å². The van der Waals surface area contributed by atoms with Crippen molar-refractivity contribution in [2.45, 2.75) is 78.2 Å². The number of carbonyl (C=O) groups excluding carboxylic acids is 6. The summed E-state index contributed by atoms with van der Waals surface area (Å²) in [7, 11) is 0. The van der Waals surface area contributed by atoms with Gasteiger partial charge >= 0.3 is 35.8 Å². The van der Waals surface area contributed by atoms with Crippen molar-refractivity contribution in [3.8, 4) is 0 Å². The molecular weight excluding hydrogens is 408 g/mol. The zero-order valence-electron chi connectivity index (χ0n) is 17.4. The van der Waals surface area contributed by atoms with Crippen LogP contribution in [0.4, 0.5) is 0 Å². The first kappa shape index (κ1) is 24.9. The van der Waals surface area contributed by atoms with Crippen LogP contribution >= 0.6 is 0 Å². The van der Waals surface area contributed by atoms with Crippen molar-refractivity contribution in [3.63, 3.8) is 0 Å². The fourth-order valence-corrected chi connectivity index (χ4v) is 3.08. The van der Waals surface area contributed by atoms with Crippen LogP contribution in [-0.2, 0) is 57.2 Å². The van der Waals surface area contributed by atoms with Gasteiger partial charge in [0.25, 0.3) is 0 Å². The second kappa shape index (κ2) is 10.6. The molecule has 1 saturated carbocycles. The monoisotopic (exact) mass is 432 g/mol. The molecule has 1 aliphatic rings. The van der Waals surface area contributed by atoms with E-state index in [1.165, 1.54) is 0 Å². The molecule has 0 heterocycles. The predicted molar refractivity (Wildman–Crippen MR) is 93.3 cm³/mol. The molecule has 12 nitrogen and oxygen atoms in total. The molecule has 0 bridgehead atoms. The largest absolute Gasteiger partial charge is 0.454 e. The highest BCUT2D eigenvalue weighted by molar-refractivity contribution is 5.71. The molecule has 168 valence electrons. The summed E-state index contributed by atoms with van der Waals surface area (Å²) in [6.07, 6.45) is -9.27. The Balaban J connectivity index is 3.66. The van der Waals surface area contributed by atoms with Crippen molar-refractivity contribution >= 4 is 35.8 Å². The quantitative estimate of drug-likeness (QED) is 0.395. The lowest BCUT2D eigenvalue weighted by Crippen LogP contribution is -2.68. The van der Waals surface area contributed by atoms with Crippen LogP contribution in [-0.4, -0.2) is 72.4 Å². The molecule has 0 saturated heterocycles. The van der Waals surface area contributed by atoms with E-state index in [1.807, 2.05) is 0 Å². The molecule has 1 aliphatic carbocycles. The molecule has 12 heteroatoms. The molecule has 0 aromatic heterocycles. The van der Waals surface area contributed by atoms with E-state index in [0.717, 1.165) is 41.5 Å². The summed E-state index contributed by atoms with van der Waals surface area (Å²) in [5.41, 5.74) is 0. The van der Waals surface area contributed by atoms with Gasteiger partial charge in [-0.3, -0.25) is 28.8 Å². The highest BCUT2D eigenvalue weighted by atomic mass is 16.7. The number of hydrogen-bond acceptors (Lipinski definition) is 12. The van der Waals surface area contributed by atoms with Gasteiger partial charge in [0, 0.05) is 41.5 Å². The van der Waals surface area contributed by atoms with E-state index in [4.69, 9.17) is 28.4 Å². The van der Waals surface area contributed by atoms with Crippen LogP contribution in [0.2, 0.25) is 0 Å². The number of ether oxygens (including phenoxy) is 6. The lowest BCUT2D eigenvalue weighted by molar-refractivity contribution is -0.259. The summed E-state index contributed by atoms with van der Waals surface area (Å²) < 4.78 is 31.1. The van der Waals surface area contributed by atoms with Gasteiger partial charge in [-0.05, 0) is 0 Å². The van der Waals surface area contributed by atoms with E-state index >= 15 is 0 Å². The highest BCUT2D eigenvalue weighted by Crippen LogP contribution is 2.34. The summed E-state index contributed by atoms with van der Waals surface area (Å²) in [5.74, 6) is -5.15. The Hall–Kier alpha value is -3.18. The average Bonchev–Trinajstić information content (AvgIpc) is 2.55. The van der Waals surface area contributed by atoms with Gasteiger partial charge in [-0.25, -0.2) is 0 Å². The standard InChI is InChI=1S/C18H24O12/c1-7(19)25-13-14(26-8(2)20)16(28-10(4)22)18(30-12(6)24)17(29-11(5)23)15(13)27-9(3)21/h13-18H,1-6H3/t13-,14-,15-,16-,17-,18-. The Bertz CT molecular complexity index is 547. The number of esters is 6. The van der Waals surface area contributed by atoms with E-state index in [-0.39, 0.29) is 0 Å². The van der Waals surface area contributed by atoms with E-state index < -0.39 is 72.4 Å². The Morgan fingerprint density at radius 2 is 0.433 bits per heavy atom. The van der Waals surface area contributed by atoms with Crippen molar-refractivity contribution in [3.05, 3.63) is 0 Å². The van der Waals surface area contributed by atoms with Gasteiger partial charge in [-0.1, -0.05) is 0 Å². The minimum atomic E-state index is -1.55. The molecule has 0 spiro atoms. The van der Waals surface area contributed by atoms with Crippen molar-refractivity contribution in [1.82, 2.24) is 0 Å². The maximum absolute atomic E-state index is 11.7. The molecule has 0 radical (unpaired) electrons. The van der Waals surface area contributed by atoms with Crippen LogP contribution in [0.5, 0.6) is 0 Å². The molecule has 0 aromatic carbocycles. The summed E-state index contributed by atoms with van der Waals surface area (Å²) in [5, 5.41) is 0. The average molecular weight is 432 g/mol. The summed E-state index contributed by atoms with van der Waals surface area (Å²) in [6, 6.07) is 0. The van der Waals surface area contributed by atoms with Crippen LogP contribution in [0.1, 0.15) is 41.5 Å². The maximum Gasteiger partial charge on any atom is 0.303 e. The van der Waals surface area contributed by atoms with Gasteiger partial charge in [0.15, 0.2) is 36.6 Å². The molecule has 0 atom stereocenters. The Morgan fingerprint density at radius 1 is 0.333 bits per heavy atom. The number of rotatable bonds is 6. The zero-order valence-corrected chi connectivity index (χ0v) is 17.4. The van der Waals surface area contributed by atoms with Gasteiger partial charge in [0.1, 0.15) is 0 Å². The van der Waals surface area contributed by atoms with Crippen LogP contribution in [0.25, 0.3) is 0 Å².